The topological polar surface area (TPSA) is 27.0 Å². The van der Waals surface area contributed by atoms with Gasteiger partial charge in [0.05, 0.1) is 14.0 Å². The SMILES string of the molecule is [2H]C(C#N)N(C)C. The number of nitriles is 1. The summed E-state index contributed by atoms with van der Waals surface area (Å²) >= 11 is 0. The Morgan fingerprint density at radius 1 is 2.00 bits per heavy atom. The highest BCUT2D eigenvalue weighted by Gasteiger charge is 1.78. The average Bonchev–Trinajstić information content (AvgIpc) is 1.65. The van der Waals surface area contributed by atoms with Crippen molar-refractivity contribution in [3.05, 3.63) is 0 Å². The maximum Gasteiger partial charge on any atom is 0.0861 e. The first-order valence-electron chi connectivity index (χ1n) is 2.24. The summed E-state index contributed by atoms with van der Waals surface area (Å²) in [7, 11) is 3.39. The molecule has 2 nitrogen and oxygen atoms in total. The minimum absolute atomic E-state index is 0.708. The van der Waals surface area contributed by atoms with Crippen LogP contribution in [-0.2, 0) is 0 Å². The van der Waals surface area contributed by atoms with Gasteiger partial charge in [-0.05, 0) is 14.1 Å². The highest BCUT2D eigenvalue weighted by Crippen LogP contribution is 1.64. The minimum Gasteiger partial charge on any atom is -0.297 e. The minimum atomic E-state index is -0.708. The van der Waals surface area contributed by atoms with Gasteiger partial charge in [0.2, 0.25) is 0 Å². The van der Waals surface area contributed by atoms with Gasteiger partial charge in [0.25, 0.3) is 0 Å². The van der Waals surface area contributed by atoms with Gasteiger partial charge in [0.1, 0.15) is 0 Å². The lowest BCUT2D eigenvalue weighted by molar-refractivity contribution is 0.461. The molecule has 0 rings (SSSR count). The molecule has 0 spiro atoms. The third kappa shape index (κ3) is 3.45. The molecule has 6 heavy (non-hydrogen) atoms. The Labute approximate surface area is 39.4 Å². The first-order chi connectivity index (χ1) is 3.18. The predicted octanol–water partition coefficient (Wildman–Crippen LogP) is 0.0716. The van der Waals surface area contributed by atoms with E-state index in [0.717, 1.165) is 0 Å². The molecule has 0 saturated carbocycles. The van der Waals surface area contributed by atoms with E-state index < -0.39 is 6.52 Å². The van der Waals surface area contributed by atoms with Gasteiger partial charge < -0.3 is 0 Å². The normalized spacial score (nSPS) is 16.0. The summed E-state index contributed by atoms with van der Waals surface area (Å²) < 4.78 is 6.84. The largest absolute Gasteiger partial charge is 0.297 e. The Morgan fingerprint density at radius 2 is 2.50 bits per heavy atom. The quantitative estimate of drug-likeness (QED) is 0.421. The van der Waals surface area contributed by atoms with Gasteiger partial charge in [-0.3, -0.25) is 4.90 Å². The van der Waals surface area contributed by atoms with Crippen LogP contribution in [0.4, 0.5) is 0 Å². The molecule has 0 aliphatic carbocycles. The lowest BCUT2D eigenvalue weighted by Crippen LogP contribution is -2.10. The van der Waals surface area contributed by atoms with Crippen molar-refractivity contribution < 1.29 is 1.37 Å². The molecule has 0 saturated heterocycles. The van der Waals surface area contributed by atoms with Crippen LogP contribution in [0.5, 0.6) is 0 Å². The Morgan fingerprint density at radius 3 is 2.50 bits per heavy atom. The molecule has 0 N–H and O–H groups in total. The van der Waals surface area contributed by atoms with Crippen LogP contribution < -0.4 is 0 Å². The molecular weight excluding hydrogens is 76.1 g/mol. The van der Waals surface area contributed by atoms with E-state index in [4.69, 9.17) is 6.63 Å². The molecule has 0 aromatic carbocycles. The number of rotatable bonds is 1. The van der Waals surface area contributed by atoms with Crippen LogP contribution in [-0.4, -0.2) is 25.5 Å². The maximum absolute atomic E-state index is 8.03. The predicted molar refractivity (Wildman–Crippen MR) is 24.2 cm³/mol. The lowest BCUT2D eigenvalue weighted by atomic mass is 10.7. The first kappa shape index (κ1) is 3.63. The van der Waals surface area contributed by atoms with Crippen LogP contribution in [0.1, 0.15) is 1.37 Å². The van der Waals surface area contributed by atoms with Crippen molar-refractivity contribution >= 4 is 0 Å². The van der Waals surface area contributed by atoms with E-state index in [9.17, 15) is 0 Å². The molecule has 0 aromatic heterocycles. The molecule has 1 unspecified atom stereocenters. The summed E-state index contributed by atoms with van der Waals surface area (Å²) in [4.78, 5) is 1.53. The second kappa shape index (κ2) is 2.67. The van der Waals surface area contributed by atoms with Crippen LogP contribution in [0.2, 0.25) is 0 Å². The second-order valence-corrected chi connectivity index (χ2v) is 1.22. The van der Waals surface area contributed by atoms with E-state index >= 15 is 0 Å². The highest BCUT2D eigenvalue weighted by atomic mass is 15.0. The molecule has 0 aliphatic heterocycles. The Hall–Kier alpha value is -0.550. The number of nitrogens with zero attached hydrogens (tertiary/aromatic N) is 2. The standard InChI is InChI=1S/C4H8N2/c1-6(2)4-3-5/h4H2,1-2H3/i4D. The van der Waals surface area contributed by atoms with Crippen molar-refractivity contribution in [2.75, 3.05) is 20.6 Å². The zero-order chi connectivity index (χ0) is 5.86. The van der Waals surface area contributed by atoms with Crippen molar-refractivity contribution in [3.8, 4) is 6.07 Å². The Balaban J connectivity index is 3.40. The molecule has 0 radical (unpaired) electrons. The zero-order valence-corrected chi connectivity index (χ0v) is 3.97. The summed E-state index contributed by atoms with van der Waals surface area (Å²) in [6.07, 6.45) is 0. The molecule has 0 aliphatic rings. The van der Waals surface area contributed by atoms with Gasteiger partial charge in [-0.2, -0.15) is 5.26 Å². The third-order valence-electron chi connectivity index (χ3n) is 0.316. The summed E-state index contributed by atoms with van der Waals surface area (Å²) in [5.74, 6) is 0. The fourth-order valence-corrected chi connectivity index (χ4v) is 0.115. The molecule has 0 heterocycles. The smallest absolute Gasteiger partial charge is 0.0861 e. The summed E-state index contributed by atoms with van der Waals surface area (Å²) in [5, 5.41) is 8.03. The second-order valence-electron chi connectivity index (χ2n) is 1.22. The summed E-state index contributed by atoms with van der Waals surface area (Å²) in [5.41, 5.74) is 0. The van der Waals surface area contributed by atoms with Crippen LogP contribution in [0.25, 0.3) is 0 Å². The van der Waals surface area contributed by atoms with E-state index in [0.29, 0.717) is 0 Å². The summed E-state index contributed by atoms with van der Waals surface area (Å²) in [6.45, 7) is -0.708. The van der Waals surface area contributed by atoms with Crippen LogP contribution in [0.15, 0.2) is 0 Å². The summed E-state index contributed by atoms with van der Waals surface area (Å²) in [6, 6.07) is 1.76. The molecular formula is C4H8N2. The molecule has 2 heteroatoms. The van der Waals surface area contributed by atoms with E-state index in [1.165, 1.54) is 4.90 Å². The monoisotopic (exact) mass is 85.1 g/mol. The lowest BCUT2D eigenvalue weighted by Gasteiger charge is -1.97. The average molecular weight is 85.1 g/mol. The molecule has 1 atom stereocenters. The molecule has 0 fully saturated rings. The van der Waals surface area contributed by atoms with Gasteiger partial charge >= 0.3 is 0 Å². The maximum atomic E-state index is 8.03. The zero-order valence-electron chi connectivity index (χ0n) is 4.97. The van der Waals surface area contributed by atoms with Crippen LogP contribution in [0, 0.1) is 11.3 Å². The van der Waals surface area contributed by atoms with Crippen molar-refractivity contribution in [3.63, 3.8) is 0 Å². The molecule has 0 bridgehead atoms. The number of hydrogen-bond donors (Lipinski definition) is 0. The first-order valence-corrected chi connectivity index (χ1v) is 1.66. The number of hydrogen-bond acceptors (Lipinski definition) is 2. The third-order valence-corrected chi connectivity index (χ3v) is 0.316. The van der Waals surface area contributed by atoms with Gasteiger partial charge in [-0.15, -0.1) is 0 Å². The van der Waals surface area contributed by atoms with E-state index in [1.54, 1.807) is 20.2 Å². The van der Waals surface area contributed by atoms with Gasteiger partial charge in [-0.1, -0.05) is 0 Å². The van der Waals surface area contributed by atoms with Gasteiger partial charge in [0, 0.05) is 0 Å². The van der Waals surface area contributed by atoms with E-state index in [1.807, 2.05) is 0 Å². The van der Waals surface area contributed by atoms with E-state index in [2.05, 4.69) is 0 Å². The Kier molecular flexibility index (Phi) is 1.62. The van der Waals surface area contributed by atoms with Crippen molar-refractivity contribution in [1.82, 2.24) is 4.90 Å². The van der Waals surface area contributed by atoms with Gasteiger partial charge in [-0.25, -0.2) is 0 Å². The fourth-order valence-electron chi connectivity index (χ4n) is 0.115. The van der Waals surface area contributed by atoms with Crippen molar-refractivity contribution in [2.24, 2.45) is 0 Å². The van der Waals surface area contributed by atoms with E-state index in [-0.39, 0.29) is 0 Å². The van der Waals surface area contributed by atoms with Crippen molar-refractivity contribution in [1.29, 1.82) is 5.26 Å². The molecule has 0 amide bonds. The van der Waals surface area contributed by atoms with Crippen molar-refractivity contribution in [2.45, 2.75) is 0 Å². The van der Waals surface area contributed by atoms with Crippen LogP contribution >= 0.6 is 0 Å². The van der Waals surface area contributed by atoms with Crippen LogP contribution in [0.3, 0.4) is 0 Å². The fraction of sp³-hybridized carbons (Fsp3) is 0.750. The Bertz CT molecular complexity index is 84.2. The molecule has 34 valence electrons. The van der Waals surface area contributed by atoms with Gasteiger partial charge in [0.15, 0.2) is 0 Å². The highest BCUT2D eigenvalue weighted by molar-refractivity contribution is 4.71. The molecule has 0 aromatic rings.